The first-order chi connectivity index (χ1) is 9.91. The van der Waals surface area contributed by atoms with Crippen molar-refractivity contribution in [2.24, 2.45) is 0 Å². The molecular formula is C12H9F6NO2S. The number of amides is 1. The van der Waals surface area contributed by atoms with Gasteiger partial charge in [-0.1, -0.05) is 6.07 Å². The van der Waals surface area contributed by atoms with Crippen LogP contribution in [-0.2, 0) is 21.8 Å². The van der Waals surface area contributed by atoms with E-state index in [0.717, 1.165) is 19.1 Å². The van der Waals surface area contributed by atoms with Gasteiger partial charge in [0.2, 0.25) is 5.91 Å². The van der Waals surface area contributed by atoms with Gasteiger partial charge >= 0.3 is 11.7 Å². The van der Waals surface area contributed by atoms with E-state index < -0.39 is 39.6 Å². The molecule has 0 aliphatic heterocycles. The van der Waals surface area contributed by atoms with Gasteiger partial charge in [0.25, 0.3) is 0 Å². The molecule has 1 rings (SSSR count). The van der Waals surface area contributed by atoms with Crippen molar-refractivity contribution in [2.45, 2.75) is 18.6 Å². The third-order valence-corrected chi connectivity index (χ3v) is 3.11. The number of hydrogen-bond acceptors (Lipinski definition) is 2. The topological polar surface area (TPSA) is 46.2 Å². The summed E-state index contributed by atoms with van der Waals surface area (Å²) in [7, 11) is -3.31. The summed E-state index contributed by atoms with van der Waals surface area (Å²) in [5.41, 5.74) is -6.96. The average molecular weight is 345 g/mol. The highest BCUT2D eigenvalue weighted by Gasteiger charge is 2.35. The maximum absolute atomic E-state index is 12.9. The molecule has 10 heteroatoms. The smallest absolute Gasteiger partial charge is 0.326 e. The van der Waals surface area contributed by atoms with Crippen molar-refractivity contribution in [3.8, 4) is 0 Å². The van der Waals surface area contributed by atoms with Crippen molar-refractivity contribution in [2.75, 3.05) is 5.32 Å². The average Bonchev–Trinajstić information content (AvgIpc) is 2.33. The third kappa shape index (κ3) is 5.17. The van der Waals surface area contributed by atoms with E-state index in [1.807, 2.05) is 5.32 Å². The van der Waals surface area contributed by atoms with Crippen LogP contribution < -0.4 is 5.32 Å². The van der Waals surface area contributed by atoms with E-state index in [9.17, 15) is 35.3 Å². The van der Waals surface area contributed by atoms with Gasteiger partial charge in [-0.25, -0.2) is 4.21 Å². The van der Waals surface area contributed by atoms with E-state index in [0.29, 0.717) is 12.1 Å². The lowest BCUT2D eigenvalue weighted by molar-refractivity contribution is -0.137. The Morgan fingerprint density at radius 1 is 1.18 bits per heavy atom. The molecule has 0 aliphatic rings. The van der Waals surface area contributed by atoms with Crippen LogP contribution in [0.25, 0.3) is 6.08 Å². The van der Waals surface area contributed by atoms with E-state index in [1.54, 1.807) is 0 Å². The fourth-order valence-corrected chi connectivity index (χ4v) is 1.85. The van der Waals surface area contributed by atoms with Crippen molar-refractivity contribution >= 4 is 28.5 Å². The summed E-state index contributed by atoms with van der Waals surface area (Å²) >= 11 is 0. The number of carbonyl (C=O) groups excluding carboxylic acids is 1. The van der Waals surface area contributed by atoms with Crippen LogP contribution in [0.5, 0.6) is 0 Å². The molecular weight excluding hydrogens is 336 g/mol. The van der Waals surface area contributed by atoms with Crippen molar-refractivity contribution in [3.05, 3.63) is 34.7 Å². The van der Waals surface area contributed by atoms with Gasteiger partial charge in [0.15, 0.2) is 10.8 Å². The van der Waals surface area contributed by atoms with E-state index in [2.05, 4.69) is 0 Å². The summed E-state index contributed by atoms with van der Waals surface area (Å²) in [4.78, 5) is 10.8. The predicted octanol–water partition coefficient (Wildman–Crippen LogP) is 3.90. The van der Waals surface area contributed by atoms with Crippen LogP contribution >= 0.6 is 0 Å². The molecule has 0 saturated heterocycles. The van der Waals surface area contributed by atoms with Crippen LogP contribution in [0.4, 0.5) is 32.0 Å². The number of hydrogen-bond donors (Lipinski definition) is 1. The molecule has 1 atom stereocenters. The van der Waals surface area contributed by atoms with Gasteiger partial charge in [-0.3, -0.25) is 4.79 Å². The molecule has 1 aromatic carbocycles. The van der Waals surface area contributed by atoms with Crippen molar-refractivity contribution in [3.63, 3.8) is 0 Å². The first kappa shape index (κ1) is 18.2. The summed E-state index contributed by atoms with van der Waals surface area (Å²) in [5, 5.41) is 2.22. The van der Waals surface area contributed by atoms with Gasteiger partial charge in [-0.2, -0.15) is 26.3 Å². The Morgan fingerprint density at radius 3 is 2.23 bits per heavy atom. The molecule has 1 N–H and O–H groups in total. The molecule has 1 unspecified atom stereocenters. The Hall–Kier alpha value is -1.84. The van der Waals surface area contributed by atoms with Gasteiger partial charge < -0.3 is 5.32 Å². The van der Waals surface area contributed by atoms with Gasteiger partial charge in [0, 0.05) is 12.3 Å². The zero-order chi connectivity index (χ0) is 17.1. The Morgan fingerprint density at radius 2 is 1.77 bits per heavy atom. The first-order valence-corrected chi connectivity index (χ1v) is 6.77. The number of halogens is 6. The number of rotatable bonds is 3. The number of anilines is 1. The van der Waals surface area contributed by atoms with E-state index in [-0.39, 0.29) is 11.0 Å². The lowest BCUT2D eigenvalue weighted by Gasteiger charge is -2.13. The number of carbonyl (C=O) groups is 1. The minimum absolute atomic E-state index is 0.237. The number of alkyl halides is 6. The summed E-state index contributed by atoms with van der Waals surface area (Å²) in [6.45, 7) is 1.01. The van der Waals surface area contributed by atoms with Gasteiger partial charge in [-0.05, 0) is 23.8 Å². The van der Waals surface area contributed by atoms with E-state index in [4.69, 9.17) is 0 Å². The maximum Gasteiger partial charge on any atom is 0.475 e. The second kappa shape index (κ2) is 6.51. The molecule has 0 fully saturated rings. The molecule has 0 aromatic heterocycles. The fraction of sp³-hybridized carbons (Fsp3) is 0.250. The van der Waals surface area contributed by atoms with Crippen LogP contribution in [0, 0.1) is 0 Å². The quantitative estimate of drug-likeness (QED) is 0.845. The molecule has 22 heavy (non-hydrogen) atoms. The highest BCUT2D eigenvalue weighted by Crippen LogP contribution is 2.36. The summed E-state index contributed by atoms with van der Waals surface area (Å²) < 4.78 is 85.5. The third-order valence-electron chi connectivity index (χ3n) is 2.27. The van der Waals surface area contributed by atoms with Crippen molar-refractivity contribution < 1.29 is 35.3 Å². The zero-order valence-electron chi connectivity index (χ0n) is 10.9. The summed E-state index contributed by atoms with van der Waals surface area (Å²) in [5.74, 6) is -0.730. The molecule has 1 amide bonds. The molecule has 0 aliphatic carbocycles. The molecule has 0 bridgehead atoms. The number of benzene rings is 1. The fourth-order valence-electron chi connectivity index (χ4n) is 1.42. The van der Waals surface area contributed by atoms with Gasteiger partial charge in [0.05, 0.1) is 11.3 Å². The molecule has 1 aromatic rings. The standard InChI is InChI=1S/C12H9F6NO2S/c1-7(20)19-10-3-2-8(6-9(10)11(13,14)15)4-5-22(21)12(16,17)18/h2-6H,1H3,(H,19,20)/b5-4+. The lowest BCUT2D eigenvalue weighted by atomic mass is 10.1. The molecule has 0 saturated carbocycles. The highest BCUT2D eigenvalue weighted by atomic mass is 32.2. The predicted molar refractivity (Wildman–Crippen MR) is 69.0 cm³/mol. The van der Waals surface area contributed by atoms with E-state index >= 15 is 0 Å². The number of nitrogens with one attached hydrogen (secondary N) is 1. The van der Waals surface area contributed by atoms with Crippen molar-refractivity contribution in [1.29, 1.82) is 0 Å². The largest absolute Gasteiger partial charge is 0.475 e. The van der Waals surface area contributed by atoms with Crippen LogP contribution in [0.1, 0.15) is 18.1 Å². The lowest BCUT2D eigenvalue weighted by Crippen LogP contribution is -2.14. The van der Waals surface area contributed by atoms with Gasteiger partial charge in [-0.15, -0.1) is 0 Å². The zero-order valence-corrected chi connectivity index (χ0v) is 11.7. The first-order valence-electron chi connectivity index (χ1n) is 5.55. The molecule has 3 nitrogen and oxygen atoms in total. The van der Waals surface area contributed by atoms with E-state index in [1.165, 1.54) is 0 Å². The van der Waals surface area contributed by atoms with Crippen LogP contribution in [0.2, 0.25) is 0 Å². The Balaban J connectivity index is 3.18. The normalized spacial score (nSPS) is 14.1. The summed E-state index contributed by atoms with van der Waals surface area (Å²) in [6.07, 6.45) is -4.15. The van der Waals surface area contributed by atoms with Crippen LogP contribution in [-0.4, -0.2) is 15.6 Å². The Kier molecular flexibility index (Phi) is 5.39. The molecule has 0 heterocycles. The maximum atomic E-state index is 12.9. The van der Waals surface area contributed by atoms with Crippen LogP contribution in [0.3, 0.4) is 0 Å². The monoisotopic (exact) mass is 345 g/mol. The van der Waals surface area contributed by atoms with Gasteiger partial charge in [0.1, 0.15) is 0 Å². The Labute approximate surface area is 123 Å². The highest BCUT2D eigenvalue weighted by molar-refractivity contribution is 7.89. The minimum Gasteiger partial charge on any atom is -0.326 e. The van der Waals surface area contributed by atoms with Crippen molar-refractivity contribution in [1.82, 2.24) is 0 Å². The molecule has 0 radical (unpaired) electrons. The summed E-state index contributed by atoms with van der Waals surface area (Å²) in [6, 6.07) is 2.51. The SMILES string of the molecule is CC(=O)Nc1ccc(/C=C/S(=O)C(F)(F)F)cc1C(F)(F)F. The Bertz CT molecular complexity index is 621. The minimum atomic E-state index is -4.99. The molecule has 0 spiro atoms. The van der Waals surface area contributed by atoms with Crippen LogP contribution in [0.15, 0.2) is 23.6 Å². The molecule has 122 valence electrons. The second-order valence-corrected chi connectivity index (χ2v) is 5.36. The second-order valence-electron chi connectivity index (χ2n) is 4.03.